The number of hydrogen-bond donors (Lipinski definition) is 1. The molecule has 0 aromatic carbocycles. The Morgan fingerprint density at radius 3 is 2.25 bits per heavy atom. The van der Waals surface area contributed by atoms with Gasteiger partial charge in [0.1, 0.15) is 5.54 Å². The summed E-state index contributed by atoms with van der Waals surface area (Å²) in [6.07, 6.45) is 4.21. The summed E-state index contributed by atoms with van der Waals surface area (Å²) in [5, 5.41) is 0. The topological polar surface area (TPSA) is 55.6 Å². The number of rotatable bonds is 2. The van der Waals surface area contributed by atoms with E-state index in [4.69, 9.17) is 10.5 Å². The number of nitrogens with two attached hydrogens (primary N) is 1. The third-order valence-electron chi connectivity index (χ3n) is 4.74. The zero-order chi connectivity index (χ0) is 11.2. The van der Waals surface area contributed by atoms with Gasteiger partial charge in [0.2, 0.25) is 5.91 Å². The monoisotopic (exact) mass is 224 g/mol. The molecule has 0 spiro atoms. The Morgan fingerprint density at radius 1 is 1.19 bits per heavy atom. The van der Waals surface area contributed by atoms with E-state index < -0.39 is 0 Å². The number of carbonyl (C=O) groups is 1. The standard InChI is InChI=1S/C12H20N2O2/c13-11(15)12(3-1-2-4-12)14-5-9-7-16-8-10(9)6-14/h9-10H,1-8H2,(H2,13,15)/t9-,10+. The summed E-state index contributed by atoms with van der Waals surface area (Å²) in [4.78, 5) is 14.1. The largest absolute Gasteiger partial charge is 0.381 e. The van der Waals surface area contributed by atoms with Crippen LogP contribution in [0.15, 0.2) is 0 Å². The van der Waals surface area contributed by atoms with Gasteiger partial charge in [0, 0.05) is 24.9 Å². The molecule has 0 unspecified atom stereocenters. The quantitative estimate of drug-likeness (QED) is 0.737. The maximum atomic E-state index is 11.8. The van der Waals surface area contributed by atoms with Crippen molar-refractivity contribution in [2.24, 2.45) is 17.6 Å². The van der Waals surface area contributed by atoms with E-state index >= 15 is 0 Å². The number of amides is 1. The molecule has 4 heteroatoms. The lowest BCUT2D eigenvalue weighted by Crippen LogP contribution is -2.55. The van der Waals surface area contributed by atoms with E-state index in [9.17, 15) is 4.79 Å². The van der Waals surface area contributed by atoms with Gasteiger partial charge >= 0.3 is 0 Å². The number of likely N-dealkylation sites (tertiary alicyclic amines) is 1. The highest BCUT2D eigenvalue weighted by Crippen LogP contribution is 2.41. The highest BCUT2D eigenvalue weighted by molar-refractivity contribution is 5.85. The van der Waals surface area contributed by atoms with Crippen molar-refractivity contribution in [1.82, 2.24) is 4.90 Å². The van der Waals surface area contributed by atoms with Gasteiger partial charge in [-0.1, -0.05) is 12.8 Å². The summed E-state index contributed by atoms with van der Waals surface area (Å²) in [7, 11) is 0. The number of primary amides is 1. The summed E-state index contributed by atoms with van der Waals surface area (Å²) in [6, 6.07) is 0. The highest BCUT2D eigenvalue weighted by Gasteiger charge is 2.50. The van der Waals surface area contributed by atoms with Crippen LogP contribution in [0, 0.1) is 11.8 Å². The van der Waals surface area contributed by atoms with Crippen molar-refractivity contribution in [2.45, 2.75) is 31.2 Å². The van der Waals surface area contributed by atoms with Crippen LogP contribution in [0.4, 0.5) is 0 Å². The third-order valence-corrected chi connectivity index (χ3v) is 4.74. The number of carbonyl (C=O) groups excluding carboxylic acids is 1. The smallest absolute Gasteiger partial charge is 0.237 e. The van der Waals surface area contributed by atoms with Gasteiger partial charge in [-0.05, 0) is 12.8 Å². The van der Waals surface area contributed by atoms with Crippen LogP contribution in [-0.4, -0.2) is 42.6 Å². The molecule has 2 saturated heterocycles. The number of hydrogen-bond acceptors (Lipinski definition) is 3. The normalized spacial score (nSPS) is 37.8. The van der Waals surface area contributed by atoms with Gasteiger partial charge in [-0.2, -0.15) is 0 Å². The minimum absolute atomic E-state index is 0.106. The third kappa shape index (κ3) is 1.39. The molecule has 1 saturated carbocycles. The number of ether oxygens (including phenoxy) is 1. The fraction of sp³-hybridized carbons (Fsp3) is 0.917. The highest BCUT2D eigenvalue weighted by atomic mass is 16.5. The van der Waals surface area contributed by atoms with E-state index in [0.717, 1.165) is 52.0 Å². The van der Waals surface area contributed by atoms with Crippen LogP contribution in [0.1, 0.15) is 25.7 Å². The van der Waals surface area contributed by atoms with Crippen LogP contribution in [0.25, 0.3) is 0 Å². The van der Waals surface area contributed by atoms with Crippen molar-refractivity contribution in [1.29, 1.82) is 0 Å². The molecule has 4 nitrogen and oxygen atoms in total. The van der Waals surface area contributed by atoms with Gasteiger partial charge in [-0.3, -0.25) is 9.69 Å². The summed E-state index contributed by atoms with van der Waals surface area (Å²) < 4.78 is 5.47. The molecule has 3 fully saturated rings. The molecule has 0 aromatic heterocycles. The lowest BCUT2D eigenvalue weighted by Gasteiger charge is -2.36. The molecule has 90 valence electrons. The van der Waals surface area contributed by atoms with Gasteiger partial charge in [-0.15, -0.1) is 0 Å². The Bertz CT molecular complexity index is 287. The molecule has 2 heterocycles. The Labute approximate surface area is 96.1 Å². The van der Waals surface area contributed by atoms with E-state index in [1.165, 1.54) is 0 Å². The first kappa shape index (κ1) is 10.5. The zero-order valence-electron chi connectivity index (χ0n) is 9.65. The number of nitrogens with zero attached hydrogens (tertiary/aromatic N) is 1. The number of fused-ring (bicyclic) bond motifs is 1. The molecule has 2 atom stereocenters. The first-order valence-electron chi connectivity index (χ1n) is 6.35. The Kier molecular flexibility index (Phi) is 2.44. The molecule has 3 aliphatic rings. The van der Waals surface area contributed by atoms with Crippen molar-refractivity contribution < 1.29 is 9.53 Å². The van der Waals surface area contributed by atoms with E-state index in [-0.39, 0.29) is 11.4 Å². The Hall–Kier alpha value is -0.610. The van der Waals surface area contributed by atoms with Crippen LogP contribution < -0.4 is 5.73 Å². The molecule has 16 heavy (non-hydrogen) atoms. The predicted molar refractivity (Wildman–Crippen MR) is 59.8 cm³/mol. The molecule has 3 rings (SSSR count). The fourth-order valence-corrected chi connectivity index (χ4v) is 3.72. The second-order valence-electron chi connectivity index (χ2n) is 5.57. The first-order chi connectivity index (χ1) is 7.72. The van der Waals surface area contributed by atoms with Crippen molar-refractivity contribution in [2.75, 3.05) is 26.3 Å². The summed E-state index contributed by atoms with van der Waals surface area (Å²) in [5.74, 6) is 1.17. The molecule has 2 N–H and O–H groups in total. The average molecular weight is 224 g/mol. The summed E-state index contributed by atoms with van der Waals surface area (Å²) >= 11 is 0. The molecule has 0 radical (unpaired) electrons. The van der Waals surface area contributed by atoms with Crippen molar-refractivity contribution in [3.8, 4) is 0 Å². The molecular weight excluding hydrogens is 204 g/mol. The van der Waals surface area contributed by atoms with Gasteiger partial charge in [0.15, 0.2) is 0 Å². The summed E-state index contributed by atoms with van der Waals surface area (Å²) in [6.45, 7) is 3.76. The van der Waals surface area contributed by atoms with Gasteiger partial charge < -0.3 is 10.5 Å². The molecule has 2 aliphatic heterocycles. The first-order valence-corrected chi connectivity index (χ1v) is 6.35. The second kappa shape index (κ2) is 3.70. The maximum Gasteiger partial charge on any atom is 0.237 e. The Balaban J connectivity index is 1.79. The van der Waals surface area contributed by atoms with Crippen LogP contribution >= 0.6 is 0 Å². The fourth-order valence-electron chi connectivity index (χ4n) is 3.72. The van der Waals surface area contributed by atoms with E-state index in [2.05, 4.69) is 4.90 Å². The Morgan fingerprint density at radius 2 is 1.75 bits per heavy atom. The van der Waals surface area contributed by atoms with E-state index in [0.29, 0.717) is 11.8 Å². The van der Waals surface area contributed by atoms with Crippen molar-refractivity contribution in [3.63, 3.8) is 0 Å². The maximum absolute atomic E-state index is 11.8. The second-order valence-corrected chi connectivity index (χ2v) is 5.57. The van der Waals surface area contributed by atoms with Crippen LogP contribution in [0.3, 0.4) is 0 Å². The van der Waals surface area contributed by atoms with Crippen LogP contribution in [-0.2, 0) is 9.53 Å². The average Bonchev–Trinajstić information content (AvgIpc) is 2.92. The van der Waals surface area contributed by atoms with E-state index in [1.54, 1.807) is 0 Å². The van der Waals surface area contributed by atoms with Crippen LogP contribution in [0.5, 0.6) is 0 Å². The van der Waals surface area contributed by atoms with Crippen molar-refractivity contribution in [3.05, 3.63) is 0 Å². The lowest BCUT2D eigenvalue weighted by atomic mass is 9.94. The van der Waals surface area contributed by atoms with E-state index in [1.807, 2.05) is 0 Å². The zero-order valence-corrected chi connectivity index (χ0v) is 9.65. The molecule has 1 aliphatic carbocycles. The lowest BCUT2D eigenvalue weighted by molar-refractivity contribution is -0.129. The van der Waals surface area contributed by atoms with Gasteiger partial charge in [0.25, 0.3) is 0 Å². The van der Waals surface area contributed by atoms with Gasteiger partial charge in [-0.25, -0.2) is 0 Å². The molecular formula is C12H20N2O2. The van der Waals surface area contributed by atoms with Gasteiger partial charge in [0.05, 0.1) is 13.2 Å². The summed E-state index contributed by atoms with van der Waals surface area (Å²) in [5.41, 5.74) is 5.34. The molecule has 1 amide bonds. The SMILES string of the molecule is NC(=O)C1(N2C[C@H]3COC[C@H]3C2)CCCC1. The molecule has 0 bridgehead atoms. The molecule has 0 aromatic rings. The van der Waals surface area contributed by atoms with Crippen LogP contribution in [0.2, 0.25) is 0 Å². The minimum atomic E-state index is -0.315. The predicted octanol–water partition coefficient (Wildman–Crippen LogP) is 0.363. The minimum Gasteiger partial charge on any atom is -0.381 e. The van der Waals surface area contributed by atoms with Crippen molar-refractivity contribution >= 4 is 5.91 Å².